The number of nitrogen functional groups attached to an aromatic ring is 1. The zero-order valence-corrected chi connectivity index (χ0v) is 13.9. The number of hydrogen-bond acceptors (Lipinski definition) is 5. The number of nitrogens with two attached hydrogens (primary N) is 1. The average molecular weight is 330 g/mol. The van der Waals surface area contributed by atoms with Gasteiger partial charge < -0.3 is 11.1 Å². The highest BCUT2D eigenvalue weighted by molar-refractivity contribution is 7.15. The summed E-state index contributed by atoms with van der Waals surface area (Å²) in [6, 6.07) is 9.74. The van der Waals surface area contributed by atoms with E-state index in [0.717, 1.165) is 19.5 Å². The Hall–Kier alpha value is -1.92. The SMILES string of the molecule is Nc1ncc(CN2CCCCC2CNC(=O)c2ccccc2)s1. The first-order valence-electron chi connectivity index (χ1n) is 8.00. The van der Waals surface area contributed by atoms with Crippen molar-refractivity contribution in [3.63, 3.8) is 0 Å². The maximum atomic E-state index is 12.2. The Morgan fingerprint density at radius 1 is 1.35 bits per heavy atom. The number of benzene rings is 1. The van der Waals surface area contributed by atoms with Crippen molar-refractivity contribution in [3.8, 4) is 0 Å². The Balaban J connectivity index is 1.57. The van der Waals surface area contributed by atoms with Crippen LogP contribution in [0.3, 0.4) is 0 Å². The van der Waals surface area contributed by atoms with E-state index < -0.39 is 0 Å². The summed E-state index contributed by atoms with van der Waals surface area (Å²) in [4.78, 5) is 19.9. The van der Waals surface area contributed by atoms with Crippen LogP contribution in [0, 0.1) is 0 Å². The molecule has 1 atom stereocenters. The van der Waals surface area contributed by atoms with Gasteiger partial charge in [-0.2, -0.15) is 0 Å². The van der Waals surface area contributed by atoms with Crippen LogP contribution in [0.2, 0.25) is 0 Å². The number of carbonyl (C=O) groups is 1. The summed E-state index contributed by atoms with van der Waals surface area (Å²) < 4.78 is 0. The van der Waals surface area contributed by atoms with Crippen LogP contribution in [0.4, 0.5) is 5.13 Å². The molecular formula is C17H22N4OS. The first kappa shape index (κ1) is 16.0. The number of carbonyl (C=O) groups excluding carboxylic acids is 1. The van der Waals surface area contributed by atoms with E-state index in [1.165, 1.54) is 17.7 Å². The van der Waals surface area contributed by atoms with E-state index in [4.69, 9.17) is 5.73 Å². The number of piperidine rings is 1. The minimum atomic E-state index is -0.00171. The van der Waals surface area contributed by atoms with E-state index in [1.54, 1.807) is 11.3 Å². The normalized spacial score (nSPS) is 18.7. The van der Waals surface area contributed by atoms with Crippen LogP contribution >= 0.6 is 11.3 Å². The summed E-state index contributed by atoms with van der Waals surface area (Å²) in [5.41, 5.74) is 6.43. The van der Waals surface area contributed by atoms with E-state index in [2.05, 4.69) is 15.2 Å². The highest BCUT2D eigenvalue weighted by atomic mass is 32.1. The molecule has 0 bridgehead atoms. The molecule has 2 heterocycles. The molecule has 2 aromatic rings. The van der Waals surface area contributed by atoms with Gasteiger partial charge in [0.15, 0.2) is 5.13 Å². The molecule has 1 aromatic carbocycles. The van der Waals surface area contributed by atoms with Gasteiger partial charge in [0, 0.05) is 35.8 Å². The maximum Gasteiger partial charge on any atom is 0.251 e. The molecule has 0 aliphatic carbocycles. The zero-order valence-electron chi connectivity index (χ0n) is 13.1. The number of aromatic nitrogens is 1. The van der Waals surface area contributed by atoms with Crippen molar-refractivity contribution in [1.82, 2.24) is 15.2 Å². The molecule has 0 saturated carbocycles. The first-order chi connectivity index (χ1) is 11.2. The summed E-state index contributed by atoms with van der Waals surface area (Å²) in [6.45, 7) is 2.60. The van der Waals surface area contributed by atoms with Crippen molar-refractivity contribution >= 4 is 22.4 Å². The molecule has 1 fully saturated rings. The number of nitrogens with zero attached hydrogens (tertiary/aromatic N) is 2. The number of anilines is 1. The monoisotopic (exact) mass is 330 g/mol. The van der Waals surface area contributed by atoms with E-state index in [1.807, 2.05) is 36.5 Å². The lowest BCUT2D eigenvalue weighted by Crippen LogP contribution is -2.46. The van der Waals surface area contributed by atoms with Crippen molar-refractivity contribution in [1.29, 1.82) is 0 Å². The van der Waals surface area contributed by atoms with Gasteiger partial charge in [-0.3, -0.25) is 9.69 Å². The van der Waals surface area contributed by atoms with Crippen molar-refractivity contribution in [2.24, 2.45) is 0 Å². The summed E-state index contributed by atoms with van der Waals surface area (Å²) in [5, 5.41) is 3.69. The summed E-state index contributed by atoms with van der Waals surface area (Å²) in [6.07, 6.45) is 5.39. The summed E-state index contributed by atoms with van der Waals surface area (Å²) in [5.74, 6) is -0.00171. The van der Waals surface area contributed by atoms with E-state index >= 15 is 0 Å². The van der Waals surface area contributed by atoms with Crippen LogP contribution in [0.15, 0.2) is 36.5 Å². The average Bonchev–Trinajstić information content (AvgIpc) is 2.99. The minimum Gasteiger partial charge on any atom is -0.375 e. The molecule has 1 amide bonds. The van der Waals surface area contributed by atoms with Crippen LogP contribution < -0.4 is 11.1 Å². The van der Waals surface area contributed by atoms with Crippen LogP contribution in [0.1, 0.15) is 34.5 Å². The molecular weight excluding hydrogens is 308 g/mol. The van der Waals surface area contributed by atoms with Crippen molar-refractivity contribution in [3.05, 3.63) is 47.0 Å². The van der Waals surface area contributed by atoms with Crippen LogP contribution in [0.25, 0.3) is 0 Å². The number of amides is 1. The Morgan fingerprint density at radius 2 is 2.17 bits per heavy atom. The highest BCUT2D eigenvalue weighted by Crippen LogP contribution is 2.22. The molecule has 1 aliphatic rings. The molecule has 3 N–H and O–H groups in total. The van der Waals surface area contributed by atoms with E-state index in [9.17, 15) is 4.79 Å². The second-order valence-corrected chi connectivity index (χ2v) is 7.01. The largest absolute Gasteiger partial charge is 0.375 e. The van der Waals surface area contributed by atoms with Crippen LogP contribution in [-0.2, 0) is 6.54 Å². The number of rotatable bonds is 5. The standard InChI is InChI=1S/C17H22N4OS/c18-17-20-11-15(23-17)12-21-9-5-4-8-14(21)10-19-16(22)13-6-2-1-3-7-13/h1-3,6-7,11,14H,4-5,8-10,12H2,(H2,18,20)(H,19,22). The van der Waals surface area contributed by atoms with Gasteiger partial charge in [-0.25, -0.2) is 4.98 Å². The van der Waals surface area contributed by atoms with Gasteiger partial charge in [-0.05, 0) is 31.5 Å². The Bertz CT molecular complexity index is 643. The Kier molecular flexibility index (Phi) is 5.25. The smallest absolute Gasteiger partial charge is 0.251 e. The lowest BCUT2D eigenvalue weighted by molar-refractivity contribution is 0.0908. The predicted octanol–water partition coefficient (Wildman–Crippen LogP) is 2.51. The molecule has 1 unspecified atom stereocenters. The molecule has 0 spiro atoms. The second-order valence-electron chi connectivity index (χ2n) is 5.86. The fourth-order valence-corrected chi connectivity index (χ4v) is 3.71. The van der Waals surface area contributed by atoms with Gasteiger partial charge in [0.1, 0.15) is 0 Å². The van der Waals surface area contributed by atoms with Crippen LogP contribution in [-0.4, -0.2) is 34.9 Å². The minimum absolute atomic E-state index is 0.00171. The molecule has 3 rings (SSSR count). The fourth-order valence-electron chi connectivity index (χ4n) is 3.00. The lowest BCUT2D eigenvalue weighted by Gasteiger charge is -2.35. The van der Waals surface area contributed by atoms with Crippen molar-refractivity contribution in [2.45, 2.75) is 31.8 Å². The number of nitrogens with one attached hydrogen (secondary N) is 1. The molecule has 122 valence electrons. The predicted molar refractivity (Wildman–Crippen MR) is 93.4 cm³/mol. The van der Waals surface area contributed by atoms with Gasteiger partial charge in [0.2, 0.25) is 0 Å². The maximum absolute atomic E-state index is 12.2. The van der Waals surface area contributed by atoms with Gasteiger partial charge in [-0.15, -0.1) is 11.3 Å². The van der Waals surface area contributed by atoms with Gasteiger partial charge in [0.05, 0.1) is 0 Å². The fraction of sp³-hybridized carbons (Fsp3) is 0.412. The van der Waals surface area contributed by atoms with Gasteiger partial charge >= 0.3 is 0 Å². The van der Waals surface area contributed by atoms with E-state index in [0.29, 0.717) is 23.3 Å². The van der Waals surface area contributed by atoms with Crippen molar-refractivity contribution < 1.29 is 4.79 Å². The number of hydrogen-bond donors (Lipinski definition) is 2. The number of likely N-dealkylation sites (tertiary alicyclic amines) is 1. The summed E-state index contributed by atoms with van der Waals surface area (Å²) >= 11 is 1.54. The zero-order chi connectivity index (χ0) is 16.1. The molecule has 1 saturated heterocycles. The topological polar surface area (TPSA) is 71.2 Å². The Morgan fingerprint density at radius 3 is 2.91 bits per heavy atom. The van der Waals surface area contributed by atoms with Crippen LogP contribution in [0.5, 0.6) is 0 Å². The molecule has 5 nitrogen and oxygen atoms in total. The third-order valence-corrected chi connectivity index (χ3v) is 5.02. The summed E-state index contributed by atoms with van der Waals surface area (Å²) in [7, 11) is 0. The third-order valence-electron chi connectivity index (χ3n) is 4.21. The molecule has 0 radical (unpaired) electrons. The van der Waals surface area contributed by atoms with Crippen molar-refractivity contribution in [2.75, 3.05) is 18.8 Å². The quantitative estimate of drug-likeness (QED) is 0.884. The highest BCUT2D eigenvalue weighted by Gasteiger charge is 2.23. The first-order valence-corrected chi connectivity index (χ1v) is 8.81. The molecule has 1 aromatic heterocycles. The third kappa shape index (κ3) is 4.30. The Labute approximate surface area is 140 Å². The molecule has 6 heteroatoms. The van der Waals surface area contributed by atoms with Gasteiger partial charge in [0.25, 0.3) is 5.91 Å². The lowest BCUT2D eigenvalue weighted by atomic mass is 10.0. The second kappa shape index (κ2) is 7.57. The number of thiazole rings is 1. The van der Waals surface area contributed by atoms with E-state index in [-0.39, 0.29) is 5.91 Å². The van der Waals surface area contributed by atoms with Gasteiger partial charge in [-0.1, -0.05) is 24.6 Å². The molecule has 1 aliphatic heterocycles. The molecule has 23 heavy (non-hydrogen) atoms.